The minimum atomic E-state index is -1.29. The Morgan fingerprint density at radius 2 is 1.15 bits per heavy atom. The number of carbonyl (C=O) groups is 8. The number of nitrogens with zero attached hydrogens (tertiary/aromatic N) is 2. The van der Waals surface area contributed by atoms with Crippen molar-refractivity contribution in [3.8, 4) is 0 Å². The molecule has 61 heavy (non-hydrogen) atoms. The summed E-state index contributed by atoms with van der Waals surface area (Å²) in [5, 5.41) is 30.0. The van der Waals surface area contributed by atoms with E-state index in [-0.39, 0.29) is 55.1 Å². The van der Waals surface area contributed by atoms with Gasteiger partial charge in [-0.05, 0) is 95.6 Å². The summed E-state index contributed by atoms with van der Waals surface area (Å²) in [6, 6.07) is -8.01. The molecule has 6 amide bonds. The van der Waals surface area contributed by atoms with Gasteiger partial charge in [-0.1, -0.05) is 49.3 Å². The van der Waals surface area contributed by atoms with E-state index in [0.29, 0.717) is 71.0 Å². The number of carbonyl (C=O) groups excluding carboxylic acids is 6. The lowest BCUT2D eigenvalue weighted by Gasteiger charge is -2.30. The van der Waals surface area contributed by atoms with Gasteiger partial charge in [0.1, 0.15) is 36.3 Å². The molecule has 2 saturated heterocycles. The highest BCUT2D eigenvalue weighted by molar-refractivity contribution is 8.76. The molecule has 0 unspecified atom stereocenters. The van der Waals surface area contributed by atoms with Gasteiger partial charge in [-0.25, -0.2) is 9.59 Å². The summed E-state index contributed by atoms with van der Waals surface area (Å²) < 4.78 is 0. The van der Waals surface area contributed by atoms with Crippen LogP contribution in [-0.4, -0.2) is 153 Å². The number of nitrogens with one attached hydrogen (secondary N) is 4. The van der Waals surface area contributed by atoms with Gasteiger partial charge in [0.2, 0.25) is 35.4 Å². The molecule has 0 bridgehead atoms. The third-order valence-electron chi connectivity index (χ3n) is 10.8. The van der Waals surface area contributed by atoms with E-state index in [1.807, 2.05) is 13.8 Å². The van der Waals surface area contributed by atoms with Gasteiger partial charge in [0, 0.05) is 24.6 Å². The highest BCUT2D eigenvalue weighted by Crippen LogP contribution is 2.25. The van der Waals surface area contributed by atoms with Crippen molar-refractivity contribution in [3.63, 3.8) is 0 Å². The number of likely N-dealkylation sites (tertiary alicyclic amines) is 2. The van der Waals surface area contributed by atoms with Crippen molar-refractivity contribution >= 4 is 69.0 Å². The number of carboxylic acid groups (broad SMARTS) is 2. The molecule has 348 valence electrons. The average Bonchev–Trinajstić information content (AvgIpc) is 3.91. The lowest BCUT2D eigenvalue weighted by Crippen LogP contribution is -2.57. The Morgan fingerprint density at radius 3 is 1.66 bits per heavy atom. The van der Waals surface area contributed by atoms with E-state index in [2.05, 4.69) is 21.3 Å². The van der Waals surface area contributed by atoms with Crippen LogP contribution in [0, 0.1) is 11.8 Å². The van der Waals surface area contributed by atoms with E-state index in [4.69, 9.17) is 22.9 Å². The second-order valence-electron chi connectivity index (χ2n) is 16.3. The van der Waals surface area contributed by atoms with Gasteiger partial charge in [0.25, 0.3) is 0 Å². The Kier molecular flexibility index (Phi) is 24.0. The molecular weight excluding hydrogens is 833 g/mol. The van der Waals surface area contributed by atoms with E-state index in [9.17, 15) is 48.6 Å². The lowest BCUT2D eigenvalue weighted by atomic mass is 10.0. The number of nitrogens with two attached hydrogens (primary N) is 4. The van der Waals surface area contributed by atoms with Crippen molar-refractivity contribution in [1.29, 1.82) is 0 Å². The Hall–Kier alpha value is -3.70. The van der Waals surface area contributed by atoms with Crippen molar-refractivity contribution in [2.45, 2.75) is 147 Å². The SMILES string of the molecule is CC(C)[C@H](N)C(=O)N1CCC[C@H]1C(=O)N[C@@H](CCCCN)C(=O)N[C@@H](CCSSC[C@@H](N)C(=O)N[C@@H](CCCCN)C(=O)N1CCC[C@H]1C(=O)N[C@H](C(=O)O)C(C)C)C(=O)O. The Bertz CT molecular complexity index is 1490. The molecule has 0 spiro atoms. The monoisotopic (exact) mass is 902 g/mol. The molecule has 14 N–H and O–H groups in total. The van der Waals surface area contributed by atoms with E-state index in [1.54, 1.807) is 13.8 Å². The van der Waals surface area contributed by atoms with Crippen LogP contribution in [0.2, 0.25) is 0 Å². The minimum Gasteiger partial charge on any atom is -0.480 e. The fraction of sp³-hybridized carbons (Fsp3) is 0.795. The maximum Gasteiger partial charge on any atom is 0.326 e. The van der Waals surface area contributed by atoms with Crippen LogP contribution in [0.25, 0.3) is 0 Å². The molecule has 0 radical (unpaired) electrons. The van der Waals surface area contributed by atoms with Crippen LogP contribution in [0.15, 0.2) is 0 Å². The average molecular weight is 903 g/mol. The zero-order valence-corrected chi connectivity index (χ0v) is 37.6. The number of amides is 6. The quantitative estimate of drug-likeness (QED) is 0.0335. The third-order valence-corrected chi connectivity index (χ3v) is 13.3. The summed E-state index contributed by atoms with van der Waals surface area (Å²) in [5.41, 5.74) is 23.6. The zero-order valence-electron chi connectivity index (χ0n) is 36.0. The predicted octanol–water partition coefficient (Wildman–Crippen LogP) is -0.927. The van der Waals surface area contributed by atoms with Crippen molar-refractivity contribution in [2.75, 3.05) is 37.7 Å². The highest BCUT2D eigenvalue weighted by Gasteiger charge is 2.40. The summed E-state index contributed by atoms with van der Waals surface area (Å²) in [6.45, 7) is 8.33. The molecule has 2 rings (SSSR count). The smallest absolute Gasteiger partial charge is 0.326 e. The molecular formula is C39H70N10O10S2. The Morgan fingerprint density at radius 1 is 0.623 bits per heavy atom. The number of rotatable bonds is 28. The van der Waals surface area contributed by atoms with Crippen molar-refractivity contribution in [1.82, 2.24) is 31.1 Å². The number of hydrogen-bond donors (Lipinski definition) is 10. The highest BCUT2D eigenvalue weighted by atomic mass is 33.1. The number of hydrogen-bond acceptors (Lipinski definition) is 14. The van der Waals surface area contributed by atoms with E-state index < -0.39 is 89.8 Å². The Balaban J connectivity index is 1.98. The fourth-order valence-corrected chi connectivity index (χ4v) is 9.27. The van der Waals surface area contributed by atoms with Gasteiger partial charge < -0.3 is 64.2 Å². The molecule has 0 saturated carbocycles. The summed E-state index contributed by atoms with van der Waals surface area (Å²) in [4.78, 5) is 107. The molecule has 0 aromatic heterocycles. The van der Waals surface area contributed by atoms with E-state index in [1.165, 1.54) is 31.4 Å². The second-order valence-corrected chi connectivity index (χ2v) is 18.9. The minimum absolute atomic E-state index is 0.00825. The van der Waals surface area contributed by atoms with Gasteiger partial charge in [-0.15, -0.1) is 0 Å². The van der Waals surface area contributed by atoms with Gasteiger partial charge in [-0.2, -0.15) is 0 Å². The third kappa shape index (κ3) is 17.2. The van der Waals surface area contributed by atoms with Gasteiger partial charge >= 0.3 is 11.9 Å². The maximum absolute atomic E-state index is 13.8. The summed E-state index contributed by atoms with van der Waals surface area (Å²) in [6.07, 6.45) is 4.50. The standard InChI is InChI=1S/C39H70N10O10S2/c1-22(2)30(43)37(55)49-19-10-13-28(49)34(52)44-25(11-5-7-16-40)33(51)46-27(38(56)57)15-20-60-61-21-24(42)32(50)45-26(12-6-8-17-41)36(54)48-18-9-14-29(48)35(53)47-31(23(3)4)39(58)59/h22-31H,5-21,40-43H2,1-4H3,(H,44,52)(H,45,50)(H,46,51)(H,47,53)(H,56,57)(H,58,59)/t24-,25+,26+,27+,28+,29+,30+,31+/m1/s1. The second kappa shape index (κ2) is 27.4. The molecule has 2 fully saturated rings. The molecule has 2 aliphatic rings. The molecule has 0 aromatic rings. The number of unbranched alkanes of at least 4 members (excludes halogenated alkanes) is 2. The van der Waals surface area contributed by atoms with Crippen molar-refractivity contribution in [3.05, 3.63) is 0 Å². The molecule has 0 aliphatic carbocycles. The first-order chi connectivity index (χ1) is 28.9. The molecule has 0 aromatic carbocycles. The van der Waals surface area contributed by atoms with Crippen LogP contribution < -0.4 is 44.2 Å². The summed E-state index contributed by atoms with van der Waals surface area (Å²) >= 11 is 0. The number of carboxylic acids is 2. The van der Waals surface area contributed by atoms with Crippen LogP contribution in [0.5, 0.6) is 0 Å². The van der Waals surface area contributed by atoms with Gasteiger partial charge in [-0.3, -0.25) is 28.8 Å². The van der Waals surface area contributed by atoms with E-state index >= 15 is 0 Å². The van der Waals surface area contributed by atoms with Crippen LogP contribution in [0.3, 0.4) is 0 Å². The Labute approximate surface area is 366 Å². The maximum atomic E-state index is 13.8. The molecule has 2 heterocycles. The molecule has 2 aliphatic heterocycles. The summed E-state index contributed by atoms with van der Waals surface area (Å²) in [7, 11) is 2.45. The van der Waals surface area contributed by atoms with Crippen LogP contribution in [-0.2, 0) is 38.4 Å². The first-order valence-corrected chi connectivity index (χ1v) is 23.8. The van der Waals surface area contributed by atoms with E-state index in [0.717, 1.165) is 0 Å². The largest absolute Gasteiger partial charge is 0.480 e. The topological polar surface area (TPSA) is 336 Å². The molecule has 22 heteroatoms. The summed E-state index contributed by atoms with van der Waals surface area (Å²) in [5.74, 6) is -5.81. The predicted molar refractivity (Wildman–Crippen MR) is 233 cm³/mol. The van der Waals surface area contributed by atoms with Crippen molar-refractivity contribution < 1.29 is 48.6 Å². The molecule has 8 atom stereocenters. The fourth-order valence-electron chi connectivity index (χ4n) is 7.06. The van der Waals surface area contributed by atoms with Gasteiger partial charge in [0.05, 0.1) is 12.1 Å². The van der Waals surface area contributed by atoms with Crippen LogP contribution in [0.4, 0.5) is 0 Å². The first kappa shape index (κ1) is 53.4. The van der Waals surface area contributed by atoms with Crippen LogP contribution in [0.1, 0.15) is 98.3 Å². The zero-order chi connectivity index (χ0) is 45.8. The first-order valence-electron chi connectivity index (χ1n) is 21.3. The van der Waals surface area contributed by atoms with Crippen LogP contribution >= 0.6 is 21.6 Å². The molecule has 20 nitrogen and oxygen atoms in total. The normalized spacial score (nSPS) is 19.4. The number of aliphatic carboxylic acids is 2. The van der Waals surface area contributed by atoms with Gasteiger partial charge in [0.15, 0.2) is 0 Å². The van der Waals surface area contributed by atoms with Crippen molar-refractivity contribution in [2.24, 2.45) is 34.8 Å². The lowest BCUT2D eigenvalue weighted by molar-refractivity contribution is -0.145.